The normalized spacial score (nSPS) is 13.0. The Morgan fingerprint density at radius 3 is 2.21 bits per heavy atom. The molecule has 1 rings (SSSR count). The molecule has 1 aromatic carbocycles. The monoisotopic (exact) mass is 191 g/mol. The highest BCUT2D eigenvalue weighted by atomic mass is 15.6. The number of benzene rings is 1. The zero-order chi connectivity index (χ0) is 10.6. The van der Waals surface area contributed by atoms with Gasteiger partial charge in [0.2, 0.25) is 0 Å². The Hall–Kier alpha value is -1.15. The summed E-state index contributed by atoms with van der Waals surface area (Å²) >= 11 is 0. The molecule has 0 aliphatic rings. The SMILES string of the molecule is CC(Cc1ccccc1)=N[N+](C)(C)C. The topological polar surface area (TPSA) is 12.4 Å². The van der Waals surface area contributed by atoms with E-state index in [0.29, 0.717) is 4.59 Å². The van der Waals surface area contributed by atoms with Gasteiger partial charge in [0, 0.05) is 6.42 Å². The smallest absolute Gasteiger partial charge is 0.0923 e. The summed E-state index contributed by atoms with van der Waals surface area (Å²) in [4.78, 5) is 0. The first kappa shape index (κ1) is 10.9. The number of nitrogens with zero attached hydrogens (tertiary/aromatic N) is 2. The number of quaternary nitrogens is 1. The number of rotatable bonds is 3. The molecule has 0 amide bonds. The molecule has 0 fully saturated rings. The van der Waals surface area contributed by atoms with Gasteiger partial charge >= 0.3 is 0 Å². The van der Waals surface area contributed by atoms with Crippen LogP contribution in [0.2, 0.25) is 0 Å². The van der Waals surface area contributed by atoms with E-state index in [2.05, 4.69) is 57.4 Å². The van der Waals surface area contributed by atoms with Crippen LogP contribution in [-0.4, -0.2) is 31.4 Å². The Kier molecular flexibility index (Phi) is 3.42. The molecule has 2 nitrogen and oxygen atoms in total. The lowest BCUT2D eigenvalue weighted by Crippen LogP contribution is -2.29. The molecule has 1 aromatic rings. The van der Waals surface area contributed by atoms with E-state index in [0.717, 1.165) is 6.42 Å². The molecular weight excluding hydrogens is 172 g/mol. The summed E-state index contributed by atoms with van der Waals surface area (Å²) in [5.74, 6) is 0. The van der Waals surface area contributed by atoms with Crippen molar-refractivity contribution >= 4 is 5.71 Å². The van der Waals surface area contributed by atoms with Crippen molar-refractivity contribution in [2.24, 2.45) is 5.10 Å². The third-order valence-corrected chi connectivity index (χ3v) is 1.77. The average molecular weight is 191 g/mol. The van der Waals surface area contributed by atoms with Crippen molar-refractivity contribution in [1.82, 2.24) is 0 Å². The average Bonchev–Trinajstić information content (AvgIpc) is 2.02. The molecule has 0 saturated carbocycles. The molecule has 0 unspecified atom stereocenters. The van der Waals surface area contributed by atoms with E-state index >= 15 is 0 Å². The maximum absolute atomic E-state index is 4.56. The second kappa shape index (κ2) is 4.38. The molecule has 0 bridgehead atoms. The van der Waals surface area contributed by atoms with E-state index in [9.17, 15) is 0 Å². The minimum atomic E-state index is 0.638. The Labute approximate surface area is 86.5 Å². The van der Waals surface area contributed by atoms with E-state index in [1.165, 1.54) is 11.3 Å². The fourth-order valence-electron chi connectivity index (χ4n) is 1.44. The maximum Gasteiger partial charge on any atom is 0.0923 e. The van der Waals surface area contributed by atoms with Crippen LogP contribution < -0.4 is 0 Å². The fourth-order valence-corrected chi connectivity index (χ4v) is 1.44. The maximum atomic E-state index is 4.56. The van der Waals surface area contributed by atoms with Gasteiger partial charge in [0.25, 0.3) is 0 Å². The van der Waals surface area contributed by atoms with Gasteiger partial charge in [0.15, 0.2) is 0 Å². The largest absolute Gasteiger partial charge is 0.205 e. The zero-order valence-corrected chi connectivity index (χ0v) is 9.49. The molecular formula is C12H19N2+. The molecule has 0 saturated heterocycles. The van der Waals surface area contributed by atoms with Crippen LogP contribution in [-0.2, 0) is 6.42 Å². The van der Waals surface area contributed by atoms with Gasteiger partial charge in [-0.25, -0.2) is 4.59 Å². The second-order valence-corrected chi connectivity index (χ2v) is 4.44. The van der Waals surface area contributed by atoms with Gasteiger partial charge in [0.1, 0.15) is 0 Å². The third kappa shape index (κ3) is 4.19. The minimum absolute atomic E-state index is 0.638. The Morgan fingerprint density at radius 1 is 1.14 bits per heavy atom. The Morgan fingerprint density at radius 2 is 1.71 bits per heavy atom. The quantitative estimate of drug-likeness (QED) is 0.395. The summed E-state index contributed by atoms with van der Waals surface area (Å²) in [5.41, 5.74) is 2.49. The van der Waals surface area contributed by atoms with Crippen molar-refractivity contribution in [2.45, 2.75) is 13.3 Å². The number of hydrogen-bond acceptors (Lipinski definition) is 1. The predicted octanol–water partition coefficient (Wildman–Crippen LogP) is 2.31. The van der Waals surface area contributed by atoms with Crippen LogP contribution >= 0.6 is 0 Å². The lowest BCUT2D eigenvalue weighted by Gasteiger charge is -2.16. The molecule has 14 heavy (non-hydrogen) atoms. The highest BCUT2D eigenvalue weighted by Crippen LogP contribution is 2.02. The van der Waals surface area contributed by atoms with E-state index < -0.39 is 0 Å². The first-order chi connectivity index (χ1) is 6.47. The standard InChI is InChI=1S/C12H19N2/c1-11(13-14(2,3)4)10-12-8-6-5-7-9-12/h5-9H,10H2,1-4H3/q+1. The van der Waals surface area contributed by atoms with Gasteiger partial charge in [-0.2, -0.15) is 0 Å². The summed E-state index contributed by atoms with van der Waals surface area (Å²) in [6.07, 6.45) is 0.941. The Balaban J connectivity index is 2.67. The summed E-state index contributed by atoms with van der Waals surface area (Å²) in [6.45, 7) is 2.08. The van der Waals surface area contributed by atoms with E-state index in [1.54, 1.807) is 0 Å². The molecule has 2 heteroatoms. The van der Waals surface area contributed by atoms with Crippen molar-refractivity contribution < 1.29 is 4.59 Å². The van der Waals surface area contributed by atoms with Crippen molar-refractivity contribution in [2.75, 3.05) is 21.1 Å². The predicted molar refractivity (Wildman–Crippen MR) is 61.3 cm³/mol. The van der Waals surface area contributed by atoms with Gasteiger partial charge in [-0.3, -0.25) is 0 Å². The van der Waals surface area contributed by atoms with Gasteiger partial charge in [0.05, 0.1) is 26.9 Å². The van der Waals surface area contributed by atoms with Crippen LogP contribution in [0, 0.1) is 0 Å². The van der Waals surface area contributed by atoms with E-state index in [4.69, 9.17) is 0 Å². The van der Waals surface area contributed by atoms with Crippen molar-refractivity contribution in [3.8, 4) is 0 Å². The molecule has 0 atom stereocenters. The zero-order valence-electron chi connectivity index (χ0n) is 9.49. The molecule has 0 radical (unpaired) electrons. The molecule has 76 valence electrons. The van der Waals surface area contributed by atoms with Gasteiger partial charge in [-0.15, -0.1) is 0 Å². The van der Waals surface area contributed by atoms with Crippen molar-refractivity contribution in [1.29, 1.82) is 0 Å². The summed E-state index contributed by atoms with van der Waals surface area (Å²) in [5, 5.41) is 4.56. The first-order valence-electron chi connectivity index (χ1n) is 4.88. The van der Waals surface area contributed by atoms with E-state index in [-0.39, 0.29) is 0 Å². The fraction of sp³-hybridized carbons (Fsp3) is 0.417. The lowest BCUT2D eigenvalue weighted by atomic mass is 10.1. The molecule has 0 aromatic heterocycles. The second-order valence-electron chi connectivity index (χ2n) is 4.44. The van der Waals surface area contributed by atoms with Crippen LogP contribution in [0.15, 0.2) is 35.4 Å². The van der Waals surface area contributed by atoms with Crippen molar-refractivity contribution in [3.63, 3.8) is 0 Å². The molecule has 0 spiro atoms. The lowest BCUT2D eigenvalue weighted by molar-refractivity contribution is -0.877. The van der Waals surface area contributed by atoms with Gasteiger partial charge < -0.3 is 0 Å². The summed E-state index contributed by atoms with van der Waals surface area (Å²) < 4.78 is 0.638. The molecule has 0 N–H and O–H groups in total. The third-order valence-electron chi connectivity index (χ3n) is 1.77. The first-order valence-corrected chi connectivity index (χ1v) is 4.88. The van der Waals surface area contributed by atoms with Crippen LogP contribution in [0.5, 0.6) is 0 Å². The van der Waals surface area contributed by atoms with Gasteiger partial charge in [-0.1, -0.05) is 35.4 Å². The van der Waals surface area contributed by atoms with Crippen LogP contribution in [0.4, 0.5) is 0 Å². The molecule has 0 heterocycles. The van der Waals surface area contributed by atoms with Crippen molar-refractivity contribution in [3.05, 3.63) is 35.9 Å². The molecule has 0 aliphatic heterocycles. The summed E-state index contributed by atoms with van der Waals surface area (Å²) in [6, 6.07) is 10.4. The van der Waals surface area contributed by atoms with Crippen LogP contribution in [0.25, 0.3) is 0 Å². The van der Waals surface area contributed by atoms with Crippen LogP contribution in [0.1, 0.15) is 12.5 Å². The minimum Gasteiger partial charge on any atom is -0.205 e. The highest BCUT2D eigenvalue weighted by molar-refractivity contribution is 5.83. The Bertz CT molecular complexity index is 307. The van der Waals surface area contributed by atoms with Crippen LogP contribution in [0.3, 0.4) is 0 Å². The molecule has 0 aliphatic carbocycles. The number of hydrogen-bond donors (Lipinski definition) is 0. The van der Waals surface area contributed by atoms with E-state index in [1.807, 2.05) is 6.07 Å². The highest BCUT2D eigenvalue weighted by Gasteiger charge is 2.05. The van der Waals surface area contributed by atoms with Gasteiger partial charge in [-0.05, 0) is 12.5 Å². The summed E-state index contributed by atoms with van der Waals surface area (Å²) in [7, 11) is 6.19.